The molecule has 0 saturated heterocycles. The first-order valence-electron chi connectivity index (χ1n) is 5.20. The minimum atomic E-state index is 0.174. The van der Waals surface area contributed by atoms with Crippen molar-refractivity contribution in [2.75, 3.05) is 0 Å². The van der Waals surface area contributed by atoms with Gasteiger partial charge in [0.1, 0.15) is 0 Å². The van der Waals surface area contributed by atoms with Crippen molar-refractivity contribution >= 4 is 0 Å². The van der Waals surface area contributed by atoms with Crippen LogP contribution in [0.1, 0.15) is 45.3 Å². The van der Waals surface area contributed by atoms with Gasteiger partial charge < -0.3 is 4.52 Å². The zero-order valence-electron chi connectivity index (χ0n) is 9.58. The van der Waals surface area contributed by atoms with Crippen LogP contribution in [0.2, 0.25) is 0 Å². The highest BCUT2D eigenvalue weighted by Gasteiger charge is 2.15. The average Bonchev–Trinajstić information content (AvgIpc) is 2.50. The van der Waals surface area contributed by atoms with Gasteiger partial charge in [-0.25, -0.2) is 0 Å². The van der Waals surface area contributed by atoms with Crippen LogP contribution in [0.4, 0.5) is 0 Å². The van der Waals surface area contributed by atoms with Crippen molar-refractivity contribution in [1.82, 2.24) is 10.1 Å². The Balaban J connectivity index is 2.46. The molecule has 0 N–H and O–H groups in total. The second-order valence-corrected chi connectivity index (χ2v) is 4.85. The third-order valence-electron chi connectivity index (χ3n) is 1.88. The first-order chi connectivity index (χ1) is 7.01. The molecular weight excluding hydrogens is 190 g/mol. The van der Waals surface area contributed by atoms with E-state index < -0.39 is 0 Å². The summed E-state index contributed by atoms with van der Waals surface area (Å²) >= 11 is 0. The van der Waals surface area contributed by atoms with Gasteiger partial charge in [-0.1, -0.05) is 25.9 Å². The van der Waals surface area contributed by atoms with Gasteiger partial charge in [0.25, 0.3) is 0 Å². The van der Waals surface area contributed by atoms with Crippen molar-refractivity contribution in [3.8, 4) is 6.07 Å². The van der Waals surface area contributed by atoms with Crippen LogP contribution in [-0.2, 0) is 12.8 Å². The van der Waals surface area contributed by atoms with Crippen molar-refractivity contribution in [2.45, 2.75) is 46.5 Å². The molecule has 4 nitrogen and oxygen atoms in total. The van der Waals surface area contributed by atoms with E-state index in [0.717, 1.165) is 18.7 Å². The molecule has 0 bridgehead atoms. The Kier molecular flexibility index (Phi) is 3.84. The van der Waals surface area contributed by atoms with E-state index >= 15 is 0 Å². The van der Waals surface area contributed by atoms with E-state index in [1.165, 1.54) is 0 Å². The van der Waals surface area contributed by atoms with Gasteiger partial charge in [-0.3, -0.25) is 0 Å². The molecule has 1 heterocycles. The van der Waals surface area contributed by atoms with E-state index in [-0.39, 0.29) is 5.41 Å². The molecule has 0 radical (unpaired) electrons. The lowest BCUT2D eigenvalue weighted by Gasteiger charge is -2.14. The van der Waals surface area contributed by atoms with Crippen LogP contribution >= 0.6 is 0 Å². The summed E-state index contributed by atoms with van der Waals surface area (Å²) in [5.41, 5.74) is 0.174. The van der Waals surface area contributed by atoms with E-state index in [0.29, 0.717) is 18.7 Å². The minimum Gasteiger partial charge on any atom is -0.339 e. The van der Waals surface area contributed by atoms with Gasteiger partial charge in [0.05, 0.1) is 6.07 Å². The summed E-state index contributed by atoms with van der Waals surface area (Å²) in [7, 11) is 0. The molecule has 0 aliphatic rings. The molecule has 4 heteroatoms. The van der Waals surface area contributed by atoms with Crippen molar-refractivity contribution in [2.24, 2.45) is 5.41 Å². The zero-order valence-corrected chi connectivity index (χ0v) is 9.58. The fourth-order valence-corrected chi connectivity index (χ4v) is 1.26. The molecule has 0 aliphatic heterocycles. The predicted molar refractivity (Wildman–Crippen MR) is 56.0 cm³/mol. The molecular formula is C11H17N3O. The zero-order chi connectivity index (χ0) is 11.3. The fraction of sp³-hybridized carbons (Fsp3) is 0.727. The van der Waals surface area contributed by atoms with Crippen LogP contribution in [0, 0.1) is 16.7 Å². The number of hydrogen-bond donors (Lipinski definition) is 0. The maximum absolute atomic E-state index is 8.39. The summed E-state index contributed by atoms with van der Waals surface area (Å²) < 4.78 is 5.09. The first kappa shape index (κ1) is 11.7. The summed E-state index contributed by atoms with van der Waals surface area (Å²) in [5, 5.41) is 12.3. The lowest BCUT2D eigenvalue weighted by atomic mass is 9.92. The summed E-state index contributed by atoms with van der Waals surface area (Å²) in [6.07, 6.45) is 2.84. The number of nitrogens with zero attached hydrogens (tertiary/aromatic N) is 3. The maximum Gasteiger partial charge on any atom is 0.226 e. The molecule has 1 aromatic rings. The van der Waals surface area contributed by atoms with Crippen LogP contribution < -0.4 is 0 Å². The van der Waals surface area contributed by atoms with Gasteiger partial charge >= 0.3 is 0 Å². The summed E-state index contributed by atoms with van der Waals surface area (Å²) in [6.45, 7) is 6.41. The van der Waals surface area contributed by atoms with Crippen LogP contribution in [0.15, 0.2) is 4.52 Å². The number of nitriles is 1. The van der Waals surface area contributed by atoms with Crippen molar-refractivity contribution < 1.29 is 4.52 Å². The molecule has 0 unspecified atom stereocenters. The second kappa shape index (κ2) is 4.92. The Morgan fingerprint density at radius 3 is 2.73 bits per heavy atom. The molecule has 0 saturated carbocycles. The van der Waals surface area contributed by atoms with Crippen molar-refractivity contribution in [1.29, 1.82) is 5.26 Å². The molecule has 0 atom stereocenters. The number of hydrogen-bond acceptors (Lipinski definition) is 4. The van der Waals surface area contributed by atoms with Gasteiger partial charge in [-0.05, 0) is 11.8 Å². The van der Waals surface area contributed by atoms with Crippen LogP contribution in [-0.4, -0.2) is 10.1 Å². The summed E-state index contributed by atoms with van der Waals surface area (Å²) in [6, 6.07) is 2.09. The Morgan fingerprint density at radius 1 is 1.40 bits per heavy atom. The fourth-order valence-electron chi connectivity index (χ4n) is 1.26. The molecule has 15 heavy (non-hydrogen) atoms. The third-order valence-corrected chi connectivity index (χ3v) is 1.88. The van der Waals surface area contributed by atoms with Crippen LogP contribution in [0.25, 0.3) is 0 Å². The Hall–Kier alpha value is -1.37. The van der Waals surface area contributed by atoms with Gasteiger partial charge in [-0.2, -0.15) is 10.2 Å². The highest BCUT2D eigenvalue weighted by atomic mass is 16.5. The minimum absolute atomic E-state index is 0.174. The highest BCUT2D eigenvalue weighted by molar-refractivity contribution is 4.90. The van der Waals surface area contributed by atoms with Gasteiger partial charge in [-0.15, -0.1) is 0 Å². The van der Waals surface area contributed by atoms with Crippen LogP contribution in [0.5, 0.6) is 0 Å². The first-order valence-corrected chi connectivity index (χ1v) is 5.20. The maximum atomic E-state index is 8.39. The molecule has 82 valence electrons. The number of aryl methyl sites for hydroxylation is 1. The Morgan fingerprint density at radius 2 is 2.13 bits per heavy atom. The average molecular weight is 207 g/mol. The quantitative estimate of drug-likeness (QED) is 0.711. The van der Waals surface area contributed by atoms with E-state index in [9.17, 15) is 0 Å². The van der Waals surface area contributed by atoms with E-state index in [2.05, 4.69) is 37.0 Å². The van der Waals surface area contributed by atoms with Crippen LogP contribution in [0.3, 0.4) is 0 Å². The number of unbranched alkanes of at least 4 members (excludes halogenated alkanes) is 1. The van der Waals surface area contributed by atoms with Gasteiger partial charge in [0.15, 0.2) is 5.82 Å². The lowest BCUT2D eigenvalue weighted by molar-refractivity contribution is 0.353. The standard InChI is InChI=1S/C11H17N3O/c1-11(2,3)8-9-13-10(15-14-9)6-4-5-7-12/h4-6,8H2,1-3H3. The molecule has 0 spiro atoms. The largest absolute Gasteiger partial charge is 0.339 e. The Bertz CT molecular complexity index is 343. The smallest absolute Gasteiger partial charge is 0.226 e. The second-order valence-electron chi connectivity index (χ2n) is 4.85. The summed E-state index contributed by atoms with van der Waals surface area (Å²) in [5.74, 6) is 1.40. The normalized spacial score (nSPS) is 11.3. The highest BCUT2D eigenvalue weighted by Crippen LogP contribution is 2.18. The molecule has 1 rings (SSSR count). The van der Waals surface area contributed by atoms with E-state index in [4.69, 9.17) is 9.78 Å². The van der Waals surface area contributed by atoms with E-state index in [1.807, 2.05) is 0 Å². The van der Waals surface area contributed by atoms with Gasteiger partial charge in [0, 0.05) is 19.3 Å². The molecule has 0 aromatic carbocycles. The van der Waals surface area contributed by atoms with Gasteiger partial charge in [0.2, 0.25) is 5.89 Å². The molecule has 1 aromatic heterocycles. The SMILES string of the molecule is CC(C)(C)Cc1noc(CCCC#N)n1. The van der Waals surface area contributed by atoms with Crippen molar-refractivity contribution in [3.63, 3.8) is 0 Å². The monoisotopic (exact) mass is 207 g/mol. The molecule has 0 fully saturated rings. The van der Waals surface area contributed by atoms with E-state index in [1.54, 1.807) is 0 Å². The summed E-state index contributed by atoms with van der Waals surface area (Å²) in [4.78, 5) is 4.28. The lowest BCUT2D eigenvalue weighted by Crippen LogP contribution is -2.10. The number of rotatable bonds is 4. The molecule has 0 aliphatic carbocycles. The Labute approximate surface area is 90.3 Å². The molecule has 0 amide bonds. The van der Waals surface area contributed by atoms with Crippen molar-refractivity contribution in [3.05, 3.63) is 11.7 Å². The third kappa shape index (κ3) is 4.59. The topological polar surface area (TPSA) is 62.7 Å². The number of aromatic nitrogens is 2. The predicted octanol–water partition coefficient (Wildman–Crippen LogP) is 2.50.